The number of piperidine rings is 1. The molecule has 0 atom stereocenters. The summed E-state index contributed by atoms with van der Waals surface area (Å²) >= 11 is 0. The van der Waals surface area contributed by atoms with Crippen LogP contribution in [0.4, 0.5) is 0 Å². The number of nitrogens with one attached hydrogen (secondary N) is 1. The molecule has 2 heterocycles. The Balaban J connectivity index is 1.43. The van der Waals surface area contributed by atoms with Gasteiger partial charge in [-0.1, -0.05) is 20.8 Å². The predicted octanol–water partition coefficient (Wildman–Crippen LogP) is 2.51. The topological polar surface area (TPSA) is 52.7 Å². The van der Waals surface area contributed by atoms with Gasteiger partial charge in [-0.15, -0.1) is 0 Å². The van der Waals surface area contributed by atoms with Crippen LogP contribution in [-0.4, -0.2) is 61.4 Å². The Kier molecular flexibility index (Phi) is 5.66. The largest absolute Gasteiger partial charge is 0.342 e. The van der Waals surface area contributed by atoms with Crippen LogP contribution in [0, 0.1) is 22.7 Å². The molecule has 1 spiro atoms. The lowest BCUT2D eigenvalue weighted by Gasteiger charge is -2.54. The van der Waals surface area contributed by atoms with Crippen molar-refractivity contribution < 1.29 is 9.59 Å². The van der Waals surface area contributed by atoms with Crippen molar-refractivity contribution in [3.8, 4) is 0 Å². The fourth-order valence-electron chi connectivity index (χ4n) is 5.19. The third-order valence-corrected chi connectivity index (χ3v) is 7.17. The predicted molar refractivity (Wildman–Crippen MR) is 104 cm³/mol. The maximum atomic E-state index is 12.9. The van der Waals surface area contributed by atoms with Crippen molar-refractivity contribution in [1.29, 1.82) is 0 Å². The summed E-state index contributed by atoms with van der Waals surface area (Å²) in [7, 11) is 1.81. The van der Waals surface area contributed by atoms with Crippen molar-refractivity contribution in [2.45, 2.75) is 59.3 Å². The fourth-order valence-corrected chi connectivity index (χ4v) is 5.19. The lowest BCUT2D eigenvalue weighted by atomic mass is 9.69. The van der Waals surface area contributed by atoms with Gasteiger partial charge in [0.15, 0.2) is 0 Å². The summed E-state index contributed by atoms with van der Waals surface area (Å²) in [6.07, 6.45) is 6.63. The van der Waals surface area contributed by atoms with Crippen molar-refractivity contribution in [2.75, 3.05) is 39.8 Å². The van der Waals surface area contributed by atoms with Crippen LogP contribution >= 0.6 is 0 Å². The van der Waals surface area contributed by atoms with Crippen LogP contribution in [0.5, 0.6) is 0 Å². The first kappa shape index (κ1) is 19.7. The maximum absolute atomic E-state index is 12.9. The molecule has 26 heavy (non-hydrogen) atoms. The average Bonchev–Trinajstić information content (AvgIpc) is 2.59. The van der Waals surface area contributed by atoms with E-state index in [0.29, 0.717) is 17.9 Å². The summed E-state index contributed by atoms with van der Waals surface area (Å²) < 4.78 is 0. The maximum Gasteiger partial charge on any atom is 0.236 e. The van der Waals surface area contributed by atoms with E-state index in [1.807, 2.05) is 11.9 Å². The van der Waals surface area contributed by atoms with Crippen molar-refractivity contribution in [3.05, 3.63) is 0 Å². The molecule has 0 unspecified atom stereocenters. The zero-order valence-corrected chi connectivity index (χ0v) is 17.1. The molecule has 0 aromatic heterocycles. The van der Waals surface area contributed by atoms with Crippen molar-refractivity contribution in [3.63, 3.8) is 0 Å². The Labute approximate surface area is 158 Å². The first-order valence-corrected chi connectivity index (χ1v) is 10.5. The second-order valence-electron chi connectivity index (χ2n) is 10.0. The first-order chi connectivity index (χ1) is 12.2. The number of hydrogen-bond donors (Lipinski definition) is 1. The Morgan fingerprint density at radius 2 is 1.58 bits per heavy atom. The quantitative estimate of drug-likeness (QED) is 0.838. The van der Waals surface area contributed by atoms with Gasteiger partial charge in [0.2, 0.25) is 11.8 Å². The average molecular weight is 364 g/mol. The van der Waals surface area contributed by atoms with Crippen LogP contribution in [0.3, 0.4) is 0 Å². The Hall–Kier alpha value is -1.10. The molecule has 1 saturated carbocycles. The van der Waals surface area contributed by atoms with Gasteiger partial charge in [0.25, 0.3) is 0 Å². The highest BCUT2D eigenvalue weighted by Gasteiger charge is 2.47. The lowest BCUT2D eigenvalue weighted by molar-refractivity contribution is -0.151. The number of carbonyl (C=O) groups is 2. The molecule has 5 heteroatoms. The van der Waals surface area contributed by atoms with Crippen LogP contribution < -0.4 is 5.32 Å². The SMILES string of the molecule is CNCC(=O)N1CC2(CCN(C(=O)C3CCC(C(C)(C)C)CC3)CC2)C1. The van der Waals surface area contributed by atoms with Crippen LogP contribution in [0.2, 0.25) is 0 Å². The van der Waals surface area contributed by atoms with Gasteiger partial charge < -0.3 is 15.1 Å². The Morgan fingerprint density at radius 1 is 1.00 bits per heavy atom. The molecular formula is C21H37N3O2. The number of likely N-dealkylation sites (N-methyl/N-ethyl adjacent to an activating group) is 1. The molecule has 1 N–H and O–H groups in total. The lowest BCUT2D eigenvalue weighted by Crippen LogP contribution is -2.63. The highest BCUT2D eigenvalue weighted by molar-refractivity contribution is 5.80. The molecule has 0 aromatic carbocycles. The minimum absolute atomic E-state index is 0.201. The molecule has 2 aliphatic heterocycles. The molecule has 0 bridgehead atoms. The second-order valence-corrected chi connectivity index (χ2v) is 10.0. The van der Waals surface area contributed by atoms with Crippen molar-refractivity contribution in [1.82, 2.24) is 15.1 Å². The summed E-state index contributed by atoms with van der Waals surface area (Å²) in [5.41, 5.74) is 0.649. The van der Waals surface area contributed by atoms with E-state index in [0.717, 1.165) is 57.8 Å². The van der Waals surface area contributed by atoms with E-state index in [4.69, 9.17) is 0 Å². The van der Waals surface area contributed by atoms with Gasteiger partial charge in [-0.25, -0.2) is 0 Å². The van der Waals surface area contributed by atoms with E-state index in [1.165, 1.54) is 12.8 Å². The van der Waals surface area contributed by atoms with Gasteiger partial charge in [0, 0.05) is 37.5 Å². The molecule has 2 saturated heterocycles. The van der Waals surface area contributed by atoms with E-state index >= 15 is 0 Å². The smallest absolute Gasteiger partial charge is 0.236 e. The molecule has 5 nitrogen and oxygen atoms in total. The summed E-state index contributed by atoms with van der Waals surface area (Å²) in [6, 6.07) is 0. The van der Waals surface area contributed by atoms with Gasteiger partial charge in [-0.05, 0) is 56.9 Å². The molecule has 3 aliphatic rings. The molecule has 3 rings (SSSR count). The molecule has 1 aliphatic carbocycles. The van der Waals surface area contributed by atoms with Gasteiger partial charge in [-0.3, -0.25) is 9.59 Å². The standard InChI is InChI=1S/C21H37N3O2/c1-20(2,3)17-7-5-16(6-8-17)19(26)23-11-9-21(10-12-23)14-24(15-21)18(25)13-22-4/h16-17,22H,5-15H2,1-4H3. The van der Waals surface area contributed by atoms with Gasteiger partial charge in [0.05, 0.1) is 6.54 Å². The number of likely N-dealkylation sites (tertiary alicyclic amines) is 2. The van der Waals surface area contributed by atoms with Gasteiger partial charge in [0.1, 0.15) is 0 Å². The summed E-state index contributed by atoms with van der Waals surface area (Å²) in [5.74, 6) is 1.60. The van der Waals surface area contributed by atoms with Crippen molar-refractivity contribution in [2.24, 2.45) is 22.7 Å². The third-order valence-electron chi connectivity index (χ3n) is 7.17. The molecule has 0 aromatic rings. The van der Waals surface area contributed by atoms with Crippen LogP contribution in [0.25, 0.3) is 0 Å². The van der Waals surface area contributed by atoms with E-state index in [1.54, 1.807) is 0 Å². The first-order valence-electron chi connectivity index (χ1n) is 10.5. The summed E-state index contributed by atoms with van der Waals surface area (Å²) in [5, 5.41) is 2.93. The third kappa shape index (κ3) is 4.08. The number of rotatable bonds is 3. The van der Waals surface area contributed by atoms with E-state index in [-0.39, 0.29) is 17.2 Å². The number of hydrogen-bond acceptors (Lipinski definition) is 3. The number of carbonyl (C=O) groups excluding carboxylic acids is 2. The number of nitrogens with zero attached hydrogens (tertiary/aromatic N) is 2. The zero-order chi connectivity index (χ0) is 18.9. The minimum atomic E-state index is 0.201. The Morgan fingerprint density at radius 3 is 2.08 bits per heavy atom. The molecule has 148 valence electrons. The van der Waals surface area contributed by atoms with Crippen molar-refractivity contribution >= 4 is 11.8 Å². The fraction of sp³-hybridized carbons (Fsp3) is 0.905. The van der Waals surface area contributed by atoms with E-state index < -0.39 is 0 Å². The van der Waals surface area contributed by atoms with Crippen LogP contribution in [0.15, 0.2) is 0 Å². The molecular weight excluding hydrogens is 326 g/mol. The Bertz CT molecular complexity index is 516. The van der Waals surface area contributed by atoms with Gasteiger partial charge in [-0.2, -0.15) is 0 Å². The number of amides is 2. The highest BCUT2D eigenvalue weighted by Crippen LogP contribution is 2.43. The van der Waals surface area contributed by atoms with E-state index in [9.17, 15) is 9.59 Å². The molecule has 0 radical (unpaired) electrons. The molecule has 2 amide bonds. The second kappa shape index (κ2) is 7.49. The van der Waals surface area contributed by atoms with Crippen LogP contribution in [-0.2, 0) is 9.59 Å². The summed E-state index contributed by atoms with van der Waals surface area (Å²) in [4.78, 5) is 28.9. The van der Waals surface area contributed by atoms with Crippen LogP contribution in [0.1, 0.15) is 59.3 Å². The zero-order valence-electron chi connectivity index (χ0n) is 17.1. The monoisotopic (exact) mass is 363 g/mol. The highest BCUT2D eigenvalue weighted by atomic mass is 16.2. The minimum Gasteiger partial charge on any atom is -0.342 e. The van der Waals surface area contributed by atoms with Gasteiger partial charge >= 0.3 is 0 Å². The summed E-state index contributed by atoms with van der Waals surface area (Å²) in [6.45, 7) is 10.9. The molecule has 3 fully saturated rings. The van der Waals surface area contributed by atoms with E-state index in [2.05, 4.69) is 31.0 Å². The normalized spacial score (nSPS) is 28.8.